The number of carbonyl (C=O) groups excluding carboxylic acids is 1. The number of hydrogen-bond acceptors (Lipinski definition) is 2. The standard InChI is InChI=1S/C15H28N2O.ClH/c1-3-15(4-2,11-16)14(18)17(9-12-5-6-12)10-13-7-8-13;/h12-13H,3-11,16H2,1-2H3;1H. The predicted molar refractivity (Wildman–Crippen MR) is 81.3 cm³/mol. The summed E-state index contributed by atoms with van der Waals surface area (Å²) >= 11 is 0. The van der Waals surface area contributed by atoms with Crippen LogP contribution in [0.3, 0.4) is 0 Å². The summed E-state index contributed by atoms with van der Waals surface area (Å²) in [6, 6.07) is 0. The molecule has 0 radical (unpaired) electrons. The van der Waals surface area contributed by atoms with Gasteiger partial charge in [0.2, 0.25) is 5.91 Å². The van der Waals surface area contributed by atoms with Crippen molar-refractivity contribution in [3.05, 3.63) is 0 Å². The second-order valence-corrected chi connectivity index (χ2v) is 6.29. The van der Waals surface area contributed by atoms with Gasteiger partial charge in [-0.3, -0.25) is 4.79 Å². The van der Waals surface area contributed by atoms with Gasteiger partial charge in [0.15, 0.2) is 0 Å². The molecule has 2 saturated carbocycles. The summed E-state index contributed by atoms with van der Waals surface area (Å²) in [4.78, 5) is 15.0. The molecule has 0 spiro atoms. The van der Waals surface area contributed by atoms with E-state index < -0.39 is 0 Å². The molecule has 0 aromatic rings. The maximum Gasteiger partial charge on any atom is 0.230 e. The quantitative estimate of drug-likeness (QED) is 0.746. The molecule has 0 aromatic heterocycles. The Bertz CT molecular complexity index is 274. The third kappa shape index (κ3) is 4.09. The zero-order valence-electron chi connectivity index (χ0n) is 12.4. The van der Waals surface area contributed by atoms with E-state index in [1.54, 1.807) is 0 Å². The lowest BCUT2D eigenvalue weighted by atomic mass is 9.80. The van der Waals surface area contributed by atoms with E-state index in [1.165, 1.54) is 25.7 Å². The van der Waals surface area contributed by atoms with Crippen molar-refractivity contribution in [3.63, 3.8) is 0 Å². The molecule has 0 saturated heterocycles. The van der Waals surface area contributed by atoms with Gasteiger partial charge in [0, 0.05) is 19.6 Å². The van der Waals surface area contributed by atoms with E-state index in [0.717, 1.165) is 37.8 Å². The van der Waals surface area contributed by atoms with Crippen LogP contribution < -0.4 is 5.73 Å². The number of hydrogen-bond donors (Lipinski definition) is 1. The van der Waals surface area contributed by atoms with Crippen molar-refractivity contribution in [3.8, 4) is 0 Å². The minimum absolute atomic E-state index is 0. The molecule has 112 valence electrons. The molecule has 4 heteroatoms. The zero-order chi connectivity index (χ0) is 13.2. The summed E-state index contributed by atoms with van der Waals surface area (Å²) in [6.07, 6.45) is 6.96. The average Bonchev–Trinajstić information content (AvgIpc) is 3.26. The second kappa shape index (κ2) is 6.94. The van der Waals surface area contributed by atoms with Crippen LogP contribution in [0.4, 0.5) is 0 Å². The van der Waals surface area contributed by atoms with Gasteiger partial charge in [0.25, 0.3) is 0 Å². The van der Waals surface area contributed by atoms with Crippen LogP contribution in [-0.4, -0.2) is 30.4 Å². The predicted octanol–water partition coefficient (Wildman–Crippen LogP) is 2.82. The number of rotatable bonds is 8. The summed E-state index contributed by atoms with van der Waals surface area (Å²) < 4.78 is 0. The summed E-state index contributed by atoms with van der Waals surface area (Å²) in [5.41, 5.74) is 5.61. The number of halogens is 1. The smallest absolute Gasteiger partial charge is 0.230 e. The van der Waals surface area contributed by atoms with Crippen molar-refractivity contribution in [1.29, 1.82) is 0 Å². The minimum Gasteiger partial charge on any atom is -0.342 e. The molecule has 2 aliphatic rings. The zero-order valence-corrected chi connectivity index (χ0v) is 13.2. The number of nitrogens with zero attached hydrogens (tertiary/aromatic N) is 1. The van der Waals surface area contributed by atoms with E-state index in [0.29, 0.717) is 12.5 Å². The SMILES string of the molecule is CCC(CC)(CN)C(=O)N(CC1CC1)CC1CC1.Cl. The van der Waals surface area contributed by atoms with Crippen molar-refractivity contribution in [2.24, 2.45) is 23.0 Å². The monoisotopic (exact) mass is 288 g/mol. The van der Waals surface area contributed by atoms with Crippen LogP contribution in [0.2, 0.25) is 0 Å². The Morgan fingerprint density at radius 3 is 1.79 bits per heavy atom. The third-order valence-electron chi connectivity index (χ3n) is 4.84. The molecule has 0 atom stereocenters. The normalized spacial score (nSPS) is 18.9. The highest BCUT2D eigenvalue weighted by atomic mass is 35.5. The van der Waals surface area contributed by atoms with Crippen LogP contribution in [0.15, 0.2) is 0 Å². The molecule has 2 rings (SSSR count). The number of nitrogens with two attached hydrogens (primary N) is 1. The van der Waals surface area contributed by atoms with Gasteiger partial charge in [-0.2, -0.15) is 0 Å². The van der Waals surface area contributed by atoms with Crippen LogP contribution in [0.25, 0.3) is 0 Å². The molecule has 0 aliphatic heterocycles. The van der Waals surface area contributed by atoms with Crippen LogP contribution in [0.1, 0.15) is 52.4 Å². The van der Waals surface area contributed by atoms with Crippen molar-refractivity contribution >= 4 is 18.3 Å². The maximum absolute atomic E-state index is 12.8. The van der Waals surface area contributed by atoms with Crippen molar-refractivity contribution < 1.29 is 4.79 Å². The largest absolute Gasteiger partial charge is 0.342 e. The summed E-state index contributed by atoms with van der Waals surface area (Å²) in [5.74, 6) is 1.88. The van der Waals surface area contributed by atoms with Gasteiger partial charge in [0.1, 0.15) is 0 Å². The molecule has 2 aliphatic carbocycles. The highest BCUT2D eigenvalue weighted by Gasteiger charge is 2.40. The molecule has 0 heterocycles. The van der Waals surface area contributed by atoms with Crippen LogP contribution in [0, 0.1) is 17.3 Å². The van der Waals surface area contributed by atoms with E-state index in [9.17, 15) is 4.79 Å². The fourth-order valence-corrected chi connectivity index (χ4v) is 2.73. The summed E-state index contributed by atoms with van der Waals surface area (Å²) in [6.45, 7) is 6.65. The lowest BCUT2D eigenvalue weighted by Crippen LogP contribution is -2.48. The number of amides is 1. The molecule has 0 aromatic carbocycles. The molecular formula is C15H29ClN2O. The average molecular weight is 289 g/mol. The summed E-state index contributed by atoms with van der Waals surface area (Å²) in [5, 5.41) is 0. The van der Waals surface area contributed by atoms with E-state index >= 15 is 0 Å². The van der Waals surface area contributed by atoms with E-state index in [-0.39, 0.29) is 17.8 Å². The maximum atomic E-state index is 12.8. The van der Waals surface area contributed by atoms with Gasteiger partial charge in [-0.25, -0.2) is 0 Å². The highest BCUT2D eigenvalue weighted by molar-refractivity contribution is 5.85. The Morgan fingerprint density at radius 2 is 1.53 bits per heavy atom. The van der Waals surface area contributed by atoms with E-state index in [4.69, 9.17) is 5.73 Å². The van der Waals surface area contributed by atoms with Crippen LogP contribution in [0.5, 0.6) is 0 Å². The molecule has 3 nitrogen and oxygen atoms in total. The fraction of sp³-hybridized carbons (Fsp3) is 0.933. The van der Waals surface area contributed by atoms with Gasteiger partial charge in [-0.05, 0) is 50.4 Å². The first-order chi connectivity index (χ1) is 8.65. The van der Waals surface area contributed by atoms with E-state index in [2.05, 4.69) is 18.7 Å². The Hall–Kier alpha value is -0.280. The molecule has 0 unspecified atom stereocenters. The Balaban J connectivity index is 0.00000180. The highest BCUT2D eigenvalue weighted by Crippen LogP contribution is 2.36. The third-order valence-corrected chi connectivity index (χ3v) is 4.84. The topological polar surface area (TPSA) is 46.3 Å². The van der Waals surface area contributed by atoms with Crippen LogP contribution >= 0.6 is 12.4 Å². The van der Waals surface area contributed by atoms with Crippen LogP contribution in [-0.2, 0) is 4.79 Å². The van der Waals surface area contributed by atoms with Gasteiger partial charge in [0.05, 0.1) is 5.41 Å². The molecule has 0 bridgehead atoms. The first-order valence-corrected chi connectivity index (χ1v) is 7.64. The first kappa shape index (κ1) is 16.8. The van der Waals surface area contributed by atoms with Gasteiger partial charge >= 0.3 is 0 Å². The molecule has 2 N–H and O–H groups in total. The van der Waals surface area contributed by atoms with Crippen molar-refractivity contribution in [2.45, 2.75) is 52.4 Å². The lowest BCUT2D eigenvalue weighted by Gasteiger charge is -2.35. The van der Waals surface area contributed by atoms with Gasteiger partial charge in [-0.15, -0.1) is 12.4 Å². The first-order valence-electron chi connectivity index (χ1n) is 7.64. The summed E-state index contributed by atoms with van der Waals surface area (Å²) in [7, 11) is 0. The lowest BCUT2D eigenvalue weighted by molar-refractivity contribution is -0.142. The Kier molecular flexibility index (Phi) is 6.13. The van der Waals surface area contributed by atoms with Gasteiger partial charge < -0.3 is 10.6 Å². The molecule has 1 amide bonds. The van der Waals surface area contributed by atoms with Crippen molar-refractivity contribution in [2.75, 3.05) is 19.6 Å². The van der Waals surface area contributed by atoms with Crippen molar-refractivity contribution in [1.82, 2.24) is 4.90 Å². The molecular weight excluding hydrogens is 260 g/mol. The second-order valence-electron chi connectivity index (χ2n) is 6.29. The Morgan fingerprint density at radius 1 is 1.11 bits per heavy atom. The molecule has 2 fully saturated rings. The Labute approximate surface area is 123 Å². The van der Waals surface area contributed by atoms with Gasteiger partial charge in [-0.1, -0.05) is 13.8 Å². The number of carbonyl (C=O) groups is 1. The fourth-order valence-electron chi connectivity index (χ4n) is 2.73. The van der Waals surface area contributed by atoms with E-state index in [1.807, 2.05) is 0 Å². The minimum atomic E-state index is -0.302. The molecule has 19 heavy (non-hydrogen) atoms.